The molecule has 0 bridgehead atoms. The number of hydrogen-bond acceptors (Lipinski definition) is 4. The zero-order chi connectivity index (χ0) is 13.6. The molecule has 19 heavy (non-hydrogen) atoms. The van der Waals surface area contributed by atoms with Gasteiger partial charge in [0.25, 0.3) is 0 Å². The number of hydrogen-bond donors (Lipinski definition) is 1. The van der Waals surface area contributed by atoms with Crippen LogP contribution in [0.5, 0.6) is 11.5 Å². The lowest BCUT2D eigenvalue weighted by atomic mass is 10.2. The van der Waals surface area contributed by atoms with Crippen molar-refractivity contribution >= 4 is 12.2 Å². The molecule has 5 nitrogen and oxygen atoms in total. The standard InChI is InChI=1S/C11H9F2N3O2S/c1-2-9-14-15-10(19)16(9)6-3-4-7-8(5-6)18-11(12,13)17-7/h3-5H,2H2,1H3,(H,15,19). The number of aromatic nitrogens is 3. The number of nitrogens with one attached hydrogen (secondary N) is 1. The Bertz CT molecular complexity index is 695. The second kappa shape index (κ2) is 4.02. The summed E-state index contributed by atoms with van der Waals surface area (Å²) in [4.78, 5) is 0. The van der Waals surface area contributed by atoms with Gasteiger partial charge in [0, 0.05) is 12.5 Å². The van der Waals surface area contributed by atoms with E-state index in [2.05, 4.69) is 19.7 Å². The molecule has 0 fully saturated rings. The van der Waals surface area contributed by atoms with Crippen LogP contribution in [0.25, 0.3) is 5.69 Å². The topological polar surface area (TPSA) is 52.1 Å². The fourth-order valence-electron chi connectivity index (χ4n) is 1.91. The lowest BCUT2D eigenvalue weighted by molar-refractivity contribution is -0.286. The molecule has 0 unspecified atom stereocenters. The van der Waals surface area contributed by atoms with E-state index < -0.39 is 6.29 Å². The molecule has 1 aromatic carbocycles. The summed E-state index contributed by atoms with van der Waals surface area (Å²) < 4.78 is 36.7. The second-order valence-electron chi connectivity index (χ2n) is 3.93. The molecule has 0 atom stereocenters. The minimum absolute atomic E-state index is 0.00168. The molecule has 0 aliphatic carbocycles. The predicted octanol–water partition coefficient (Wildman–Crippen LogP) is 2.81. The molecule has 0 amide bonds. The Morgan fingerprint density at radius 3 is 2.84 bits per heavy atom. The first-order valence-electron chi connectivity index (χ1n) is 5.57. The highest BCUT2D eigenvalue weighted by Gasteiger charge is 2.43. The molecule has 0 saturated carbocycles. The maximum Gasteiger partial charge on any atom is 0.586 e. The minimum atomic E-state index is -3.62. The van der Waals surface area contributed by atoms with Crippen LogP contribution in [0.1, 0.15) is 12.7 Å². The van der Waals surface area contributed by atoms with Crippen molar-refractivity contribution < 1.29 is 18.3 Å². The van der Waals surface area contributed by atoms with Crippen molar-refractivity contribution in [1.82, 2.24) is 14.8 Å². The zero-order valence-corrected chi connectivity index (χ0v) is 10.6. The Kier molecular flexibility index (Phi) is 2.56. The minimum Gasteiger partial charge on any atom is -0.395 e. The largest absolute Gasteiger partial charge is 0.586 e. The van der Waals surface area contributed by atoms with Crippen molar-refractivity contribution in [3.63, 3.8) is 0 Å². The lowest BCUT2D eigenvalue weighted by Gasteiger charge is -2.06. The first-order chi connectivity index (χ1) is 9.00. The van der Waals surface area contributed by atoms with Crippen LogP contribution in [0.3, 0.4) is 0 Å². The van der Waals surface area contributed by atoms with Crippen molar-refractivity contribution in [2.24, 2.45) is 0 Å². The third-order valence-corrected chi connectivity index (χ3v) is 2.97. The quantitative estimate of drug-likeness (QED) is 0.862. The summed E-state index contributed by atoms with van der Waals surface area (Å²) in [5.74, 6) is 0.685. The van der Waals surface area contributed by atoms with Crippen LogP contribution >= 0.6 is 12.2 Å². The molecule has 100 valence electrons. The Labute approximate surface area is 111 Å². The highest BCUT2D eigenvalue weighted by molar-refractivity contribution is 7.71. The molecular weight excluding hydrogens is 276 g/mol. The predicted molar refractivity (Wildman–Crippen MR) is 64.3 cm³/mol. The van der Waals surface area contributed by atoms with Gasteiger partial charge in [0.15, 0.2) is 16.3 Å². The van der Waals surface area contributed by atoms with Gasteiger partial charge in [-0.2, -0.15) is 5.10 Å². The smallest absolute Gasteiger partial charge is 0.395 e. The van der Waals surface area contributed by atoms with Gasteiger partial charge < -0.3 is 9.47 Å². The number of benzene rings is 1. The summed E-state index contributed by atoms with van der Waals surface area (Å²) in [6.45, 7) is 1.92. The summed E-state index contributed by atoms with van der Waals surface area (Å²) in [6.07, 6.45) is -2.97. The van der Waals surface area contributed by atoms with E-state index in [9.17, 15) is 8.78 Å². The Balaban J connectivity index is 2.09. The maximum atomic E-state index is 12.9. The normalized spacial score (nSPS) is 15.7. The van der Waals surface area contributed by atoms with Gasteiger partial charge in [0.2, 0.25) is 0 Å². The highest BCUT2D eigenvalue weighted by atomic mass is 32.1. The van der Waals surface area contributed by atoms with Gasteiger partial charge in [0.05, 0.1) is 5.69 Å². The van der Waals surface area contributed by atoms with Gasteiger partial charge in [-0.1, -0.05) is 6.92 Å². The number of aryl methyl sites for hydroxylation is 1. The van der Waals surface area contributed by atoms with Crippen molar-refractivity contribution in [3.05, 3.63) is 28.8 Å². The SMILES string of the molecule is CCc1n[nH]c(=S)n1-c1ccc2c(c1)OC(F)(F)O2. The number of rotatable bonds is 2. The number of nitrogens with zero attached hydrogens (tertiary/aromatic N) is 2. The van der Waals surface area contributed by atoms with E-state index in [-0.39, 0.29) is 11.5 Å². The second-order valence-corrected chi connectivity index (χ2v) is 4.32. The third kappa shape index (κ3) is 1.97. The fraction of sp³-hybridized carbons (Fsp3) is 0.273. The third-order valence-electron chi connectivity index (χ3n) is 2.70. The van der Waals surface area contributed by atoms with E-state index in [0.29, 0.717) is 22.7 Å². The Morgan fingerprint density at radius 2 is 2.11 bits per heavy atom. The maximum absolute atomic E-state index is 12.9. The average Bonchev–Trinajstić information content (AvgIpc) is 2.86. The summed E-state index contributed by atoms with van der Waals surface area (Å²) in [5, 5.41) is 6.72. The van der Waals surface area contributed by atoms with Gasteiger partial charge in [-0.25, -0.2) is 0 Å². The van der Waals surface area contributed by atoms with Crippen LogP contribution < -0.4 is 9.47 Å². The van der Waals surface area contributed by atoms with Crippen LogP contribution in [-0.4, -0.2) is 21.1 Å². The number of H-pyrrole nitrogens is 1. The first kappa shape index (κ1) is 12.1. The lowest BCUT2D eigenvalue weighted by Crippen LogP contribution is -2.25. The van der Waals surface area contributed by atoms with E-state index in [1.165, 1.54) is 12.1 Å². The summed E-state index contributed by atoms with van der Waals surface area (Å²) in [7, 11) is 0. The molecule has 0 spiro atoms. The number of aromatic amines is 1. The first-order valence-corrected chi connectivity index (χ1v) is 5.97. The van der Waals surface area contributed by atoms with Crippen molar-refractivity contribution in [2.75, 3.05) is 0 Å². The average molecular weight is 285 g/mol. The summed E-state index contributed by atoms with van der Waals surface area (Å²) >= 11 is 5.12. The number of fused-ring (bicyclic) bond motifs is 1. The van der Waals surface area contributed by atoms with Crippen molar-refractivity contribution in [3.8, 4) is 17.2 Å². The molecule has 8 heteroatoms. The molecule has 3 rings (SSSR count). The number of ether oxygens (including phenoxy) is 2. The Morgan fingerprint density at radius 1 is 1.37 bits per heavy atom. The van der Waals surface area contributed by atoms with E-state index in [1.807, 2.05) is 6.92 Å². The van der Waals surface area contributed by atoms with Gasteiger partial charge in [-0.15, -0.1) is 8.78 Å². The molecule has 0 saturated heterocycles. The number of halogens is 2. The molecule has 2 heterocycles. The number of alkyl halides is 2. The van der Waals surface area contributed by atoms with Crippen LogP contribution in [0.2, 0.25) is 0 Å². The van der Waals surface area contributed by atoms with E-state index in [0.717, 1.165) is 0 Å². The Hall–Kier alpha value is -1.96. The van der Waals surface area contributed by atoms with E-state index in [4.69, 9.17) is 12.2 Å². The van der Waals surface area contributed by atoms with Crippen LogP contribution in [0.15, 0.2) is 18.2 Å². The van der Waals surface area contributed by atoms with Crippen molar-refractivity contribution in [2.45, 2.75) is 19.6 Å². The zero-order valence-electron chi connectivity index (χ0n) is 9.81. The van der Waals surface area contributed by atoms with Gasteiger partial charge in [0.1, 0.15) is 5.82 Å². The van der Waals surface area contributed by atoms with E-state index >= 15 is 0 Å². The fourth-order valence-corrected chi connectivity index (χ4v) is 2.17. The monoisotopic (exact) mass is 285 g/mol. The molecular formula is C11H9F2N3O2S. The molecule has 1 aromatic heterocycles. The summed E-state index contributed by atoms with van der Waals surface area (Å²) in [5.41, 5.74) is 0.593. The van der Waals surface area contributed by atoms with Gasteiger partial charge >= 0.3 is 6.29 Å². The van der Waals surface area contributed by atoms with Crippen LogP contribution in [0.4, 0.5) is 8.78 Å². The van der Waals surface area contributed by atoms with Crippen LogP contribution in [-0.2, 0) is 6.42 Å². The molecule has 2 aromatic rings. The molecule has 1 N–H and O–H groups in total. The van der Waals surface area contributed by atoms with Gasteiger partial charge in [-0.05, 0) is 24.4 Å². The van der Waals surface area contributed by atoms with Crippen LogP contribution in [0, 0.1) is 4.77 Å². The van der Waals surface area contributed by atoms with Gasteiger partial charge in [-0.3, -0.25) is 9.67 Å². The highest BCUT2D eigenvalue weighted by Crippen LogP contribution is 2.41. The van der Waals surface area contributed by atoms with Crippen molar-refractivity contribution in [1.29, 1.82) is 0 Å². The molecule has 1 aliphatic rings. The summed E-state index contributed by atoms with van der Waals surface area (Å²) in [6, 6.07) is 4.48. The molecule has 0 radical (unpaired) electrons. The molecule has 1 aliphatic heterocycles. The van der Waals surface area contributed by atoms with E-state index in [1.54, 1.807) is 10.6 Å².